The first-order valence-electron chi connectivity index (χ1n) is 7.81. The van der Waals surface area contributed by atoms with Crippen molar-refractivity contribution < 1.29 is 13.2 Å². The summed E-state index contributed by atoms with van der Waals surface area (Å²) >= 11 is 1.62. The van der Waals surface area contributed by atoms with Crippen LogP contribution in [-0.4, -0.2) is 44.6 Å². The lowest BCUT2D eigenvalue weighted by molar-refractivity contribution is 0.0624. The molecule has 3 rings (SSSR count). The zero-order valence-corrected chi connectivity index (χ0v) is 14.4. The second-order valence-corrected chi connectivity index (χ2v) is 9.15. The third-order valence-electron chi connectivity index (χ3n) is 4.43. The number of aryl methyl sites for hydroxylation is 2. The normalized spacial score (nSPS) is 21.9. The maximum atomic E-state index is 12.8. The van der Waals surface area contributed by atoms with Crippen molar-refractivity contribution in [2.24, 2.45) is 0 Å². The number of carbonyl (C=O) groups is 1. The van der Waals surface area contributed by atoms with Crippen LogP contribution in [0, 0.1) is 0 Å². The van der Waals surface area contributed by atoms with Gasteiger partial charge < -0.3 is 4.90 Å². The van der Waals surface area contributed by atoms with E-state index in [1.165, 1.54) is 16.9 Å². The average molecular weight is 342 g/mol. The van der Waals surface area contributed by atoms with Crippen LogP contribution in [0.4, 0.5) is 0 Å². The zero-order chi connectivity index (χ0) is 15.7. The number of fused-ring (bicyclic) bond motifs is 1. The van der Waals surface area contributed by atoms with Gasteiger partial charge in [0.25, 0.3) is 5.91 Å². The molecule has 1 atom stereocenters. The molecule has 2 heterocycles. The number of nitrogens with zero attached hydrogens (tertiary/aromatic N) is 1. The van der Waals surface area contributed by atoms with Gasteiger partial charge in [0, 0.05) is 24.0 Å². The fourth-order valence-corrected chi connectivity index (χ4v) is 5.01. The third kappa shape index (κ3) is 3.52. The molecule has 1 aliphatic carbocycles. The molecule has 122 valence electrons. The maximum Gasteiger partial charge on any atom is 0.264 e. The number of amides is 1. The minimum atomic E-state index is -3.22. The van der Waals surface area contributed by atoms with Gasteiger partial charge in [0.15, 0.2) is 0 Å². The molecule has 1 amide bonds. The summed E-state index contributed by atoms with van der Waals surface area (Å²) in [6, 6.07) is 2.01. The van der Waals surface area contributed by atoms with Crippen LogP contribution >= 0.6 is 11.3 Å². The average Bonchev–Trinajstić information content (AvgIpc) is 3.05. The largest absolute Gasteiger partial charge is 0.334 e. The Bertz CT molecular complexity index is 645. The van der Waals surface area contributed by atoms with Gasteiger partial charge in [0.1, 0.15) is 0 Å². The van der Waals surface area contributed by atoms with Crippen LogP contribution in [0.1, 0.15) is 45.8 Å². The molecule has 1 aliphatic heterocycles. The Labute approximate surface area is 135 Å². The molecule has 1 saturated heterocycles. The summed E-state index contributed by atoms with van der Waals surface area (Å²) in [4.78, 5) is 16.8. The van der Waals surface area contributed by atoms with Gasteiger partial charge in [-0.05, 0) is 50.2 Å². The Morgan fingerprint density at radius 1 is 1.36 bits per heavy atom. The molecule has 1 N–H and O–H groups in total. The first-order valence-corrected chi connectivity index (χ1v) is 10.5. The Morgan fingerprint density at radius 2 is 2.18 bits per heavy atom. The summed E-state index contributed by atoms with van der Waals surface area (Å²) < 4.78 is 25.2. The van der Waals surface area contributed by atoms with Gasteiger partial charge in [-0.1, -0.05) is 0 Å². The van der Waals surface area contributed by atoms with Gasteiger partial charge in [0.05, 0.1) is 11.1 Å². The molecule has 22 heavy (non-hydrogen) atoms. The highest BCUT2D eigenvalue weighted by Crippen LogP contribution is 2.32. The van der Waals surface area contributed by atoms with Crippen LogP contribution in [0.25, 0.3) is 0 Å². The number of likely N-dealkylation sites (tertiary alicyclic amines) is 1. The summed E-state index contributed by atoms with van der Waals surface area (Å²) in [7, 11) is -3.22. The van der Waals surface area contributed by atoms with Gasteiger partial charge in [-0.25, -0.2) is 13.1 Å². The molecule has 0 aromatic carbocycles. The molecule has 7 heteroatoms. The van der Waals surface area contributed by atoms with Crippen LogP contribution in [0.15, 0.2) is 6.07 Å². The molecule has 1 aromatic rings. The summed E-state index contributed by atoms with van der Waals surface area (Å²) in [5.74, 6) is 0.0689. The molecule has 1 unspecified atom stereocenters. The van der Waals surface area contributed by atoms with Gasteiger partial charge >= 0.3 is 0 Å². The molecule has 5 nitrogen and oxygen atoms in total. The number of hydrogen-bond acceptors (Lipinski definition) is 4. The highest BCUT2D eigenvalue weighted by molar-refractivity contribution is 7.88. The van der Waals surface area contributed by atoms with E-state index < -0.39 is 10.0 Å². The summed E-state index contributed by atoms with van der Waals surface area (Å²) in [5.41, 5.74) is 1.33. The SMILES string of the molecule is CS(=O)(=O)NCC1CCCCN1C(=O)c1cc2c(s1)CCC2. The maximum absolute atomic E-state index is 12.8. The van der Waals surface area contributed by atoms with Crippen molar-refractivity contribution in [3.05, 3.63) is 21.4 Å². The minimum Gasteiger partial charge on any atom is -0.334 e. The number of hydrogen-bond donors (Lipinski definition) is 1. The number of thiophene rings is 1. The van der Waals surface area contributed by atoms with E-state index >= 15 is 0 Å². The Morgan fingerprint density at radius 3 is 2.91 bits per heavy atom. The fraction of sp³-hybridized carbons (Fsp3) is 0.667. The van der Waals surface area contributed by atoms with Crippen LogP contribution in [0.2, 0.25) is 0 Å². The molecule has 0 radical (unpaired) electrons. The molecule has 0 saturated carbocycles. The van der Waals surface area contributed by atoms with Crippen molar-refractivity contribution >= 4 is 27.3 Å². The van der Waals surface area contributed by atoms with Gasteiger partial charge in [0.2, 0.25) is 10.0 Å². The van der Waals surface area contributed by atoms with Crippen LogP contribution in [-0.2, 0) is 22.9 Å². The molecule has 0 spiro atoms. The topological polar surface area (TPSA) is 66.5 Å². The molecule has 0 bridgehead atoms. The van der Waals surface area contributed by atoms with Crippen molar-refractivity contribution in [2.75, 3.05) is 19.3 Å². The second-order valence-electron chi connectivity index (χ2n) is 6.18. The van der Waals surface area contributed by atoms with E-state index in [4.69, 9.17) is 0 Å². The van der Waals surface area contributed by atoms with E-state index in [2.05, 4.69) is 4.72 Å². The van der Waals surface area contributed by atoms with Crippen LogP contribution in [0.5, 0.6) is 0 Å². The van der Waals surface area contributed by atoms with E-state index in [0.29, 0.717) is 6.54 Å². The standard InChI is InChI=1S/C15H22N2O3S2/c1-22(19,20)16-10-12-6-2-3-8-17(12)15(18)14-9-11-5-4-7-13(11)21-14/h9,12,16H,2-8,10H2,1H3. The number of sulfonamides is 1. The minimum absolute atomic E-state index is 0.0343. The molecular formula is C15H22N2O3S2. The lowest BCUT2D eigenvalue weighted by atomic mass is 10.0. The Kier molecular flexibility index (Phi) is 4.56. The molecule has 2 aliphatic rings. The Hall–Kier alpha value is -0.920. The van der Waals surface area contributed by atoms with Gasteiger partial charge in [-0.3, -0.25) is 4.79 Å². The summed E-state index contributed by atoms with van der Waals surface area (Å²) in [5, 5.41) is 0. The second kappa shape index (κ2) is 6.29. The predicted octanol–water partition coefficient (Wildman–Crippen LogP) is 1.78. The van der Waals surface area contributed by atoms with Crippen molar-refractivity contribution in [3.63, 3.8) is 0 Å². The summed E-state index contributed by atoms with van der Waals surface area (Å²) in [6.07, 6.45) is 7.42. The van der Waals surface area contributed by atoms with E-state index in [-0.39, 0.29) is 11.9 Å². The smallest absolute Gasteiger partial charge is 0.264 e. The van der Waals surface area contributed by atoms with Gasteiger partial charge in [-0.2, -0.15) is 0 Å². The van der Waals surface area contributed by atoms with Crippen molar-refractivity contribution in [3.8, 4) is 0 Å². The van der Waals surface area contributed by atoms with E-state index in [9.17, 15) is 13.2 Å². The number of piperidine rings is 1. The lowest BCUT2D eigenvalue weighted by Gasteiger charge is -2.35. The third-order valence-corrected chi connectivity index (χ3v) is 6.34. The van der Waals surface area contributed by atoms with Crippen molar-refractivity contribution in [1.82, 2.24) is 9.62 Å². The monoisotopic (exact) mass is 342 g/mol. The predicted molar refractivity (Wildman–Crippen MR) is 87.9 cm³/mol. The van der Waals surface area contributed by atoms with Crippen LogP contribution in [0.3, 0.4) is 0 Å². The van der Waals surface area contributed by atoms with E-state index in [1.54, 1.807) is 11.3 Å². The molecular weight excluding hydrogens is 320 g/mol. The summed E-state index contributed by atoms with van der Waals surface area (Å²) in [6.45, 7) is 1.03. The first-order chi connectivity index (χ1) is 10.4. The van der Waals surface area contributed by atoms with Gasteiger partial charge in [-0.15, -0.1) is 11.3 Å². The van der Waals surface area contributed by atoms with E-state index in [0.717, 1.165) is 49.8 Å². The quantitative estimate of drug-likeness (QED) is 0.907. The van der Waals surface area contributed by atoms with Crippen molar-refractivity contribution in [1.29, 1.82) is 0 Å². The molecule has 1 aromatic heterocycles. The first kappa shape index (κ1) is 16.0. The van der Waals surface area contributed by atoms with Crippen molar-refractivity contribution in [2.45, 2.75) is 44.6 Å². The van der Waals surface area contributed by atoms with Crippen LogP contribution < -0.4 is 4.72 Å². The highest BCUT2D eigenvalue weighted by atomic mass is 32.2. The van der Waals surface area contributed by atoms with E-state index in [1.807, 2.05) is 11.0 Å². The molecule has 1 fully saturated rings. The number of nitrogens with one attached hydrogen (secondary N) is 1. The lowest BCUT2D eigenvalue weighted by Crippen LogP contribution is -2.49. The zero-order valence-electron chi connectivity index (χ0n) is 12.8. The highest BCUT2D eigenvalue weighted by Gasteiger charge is 2.30. The number of rotatable bonds is 4. The number of carbonyl (C=O) groups excluding carboxylic acids is 1. The Balaban J connectivity index is 1.73. The fourth-order valence-electron chi connectivity index (χ4n) is 3.30.